The van der Waals surface area contributed by atoms with Crippen LogP contribution in [-0.2, 0) is 0 Å². The Hall–Kier alpha value is -6.60. The highest BCUT2D eigenvalue weighted by atomic mass is 14.1. The van der Waals surface area contributed by atoms with Gasteiger partial charge >= 0.3 is 0 Å². The second-order valence-corrected chi connectivity index (χ2v) is 9.17. The summed E-state index contributed by atoms with van der Waals surface area (Å²) in [4.78, 5) is 0. The highest BCUT2D eigenvalue weighted by Crippen LogP contribution is 2.18. The topological polar surface area (TPSA) is 0 Å². The molecule has 0 nitrogen and oxygen atoms in total. The molecule has 46 heavy (non-hydrogen) atoms. The number of terminal acetylenes is 6. The molecule has 4 atom stereocenters. The highest BCUT2D eigenvalue weighted by Gasteiger charge is 2.08. The predicted molar refractivity (Wildman–Crippen MR) is 194 cm³/mol. The Balaban J connectivity index is 0. The first kappa shape index (κ1) is 41.5. The first-order chi connectivity index (χ1) is 22.6. The normalized spacial score (nSPS) is 9.65. The SMILES string of the molecule is C#CC#CC#CC(CC)CCCC(C#CC#CC#C)CC#CC#C.C#CC#CC#CCC(C#CC#C)CCCC(C#CC#C)CC. The molecule has 0 spiro atoms. The second-order valence-electron chi connectivity index (χ2n) is 9.17. The molecule has 0 aromatic carbocycles. The molecule has 0 aromatic rings. The van der Waals surface area contributed by atoms with Crippen LogP contribution < -0.4 is 0 Å². The number of rotatable bonds is 12. The fourth-order valence-corrected chi connectivity index (χ4v) is 3.64. The minimum absolute atomic E-state index is 0.129. The smallest absolute Gasteiger partial charge is 0.0322 e. The third kappa shape index (κ3) is 28.9. The van der Waals surface area contributed by atoms with Gasteiger partial charge in [-0.3, -0.25) is 0 Å². The van der Waals surface area contributed by atoms with E-state index in [-0.39, 0.29) is 11.8 Å². The maximum absolute atomic E-state index is 5.18. The van der Waals surface area contributed by atoms with E-state index in [1.165, 1.54) is 0 Å². The molecule has 0 heteroatoms. The maximum Gasteiger partial charge on any atom is 0.0322 e. The summed E-state index contributed by atoms with van der Waals surface area (Å²) in [5.74, 6) is 64.4. The molecule has 0 heterocycles. The van der Waals surface area contributed by atoms with Gasteiger partial charge in [-0.05, 0) is 145 Å². The summed E-state index contributed by atoms with van der Waals surface area (Å²) < 4.78 is 0. The molecule has 0 aliphatic rings. The van der Waals surface area contributed by atoms with Crippen molar-refractivity contribution in [2.45, 2.75) is 78.1 Å². The van der Waals surface area contributed by atoms with E-state index in [1.54, 1.807) is 0 Å². The largest absolute Gasteiger partial charge is 0.106 e. The molecule has 220 valence electrons. The van der Waals surface area contributed by atoms with E-state index in [9.17, 15) is 0 Å². The molecule has 0 fully saturated rings. The maximum atomic E-state index is 5.18. The van der Waals surface area contributed by atoms with E-state index in [0.29, 0.717) is 24.7 Å². The van der Waals surface area contributed by atoms with Crippen LogP contribution in [0.2, 0.25) is 0 Å². The molecule has 0 aromatic heterocycles. The van der Waals surface area contributed by atoms with Gasteiger partial charge in [-0.1, -0.05) is 62.2 Å². The first-order valence-corrected chi connectivity index (χ1v) is 14.8. The van der Waals surface area contributed by atoms with Gasteiger partial charge in [0.25, 0.3) is 0 Å². The zero-order valence-corrected chi connectivity index (χ0v) is 26.8. The van der Waals surface area contributed by atoms with Crippen molar-refractivity contribution in [2.75, 3.05) is 0 Å². The third-order valence-corrected chi connectivity index (χ3v) is 5.98. The van der Waals surface area contributed by atoms with Gasteiger partial charge in [0.1, 0.15) is 0 Å². The van der Waals surface area contributed by atoms with Crippen molar-refractivity contribution in [3.63, 3.8) is 0 Å². The zero-order chi connectivity index (χ0) is 34.4. The Morgan fingerprint density at radius 3 is 1.09 bits per heavy atom. The van der Waals surface area contributed by atoms with Crippen LogP contribution in [0.4, 0.5) is 0 Å². The summed E-state index contributed by atoms with van der Waals surface area (Å²) >= 11 is 0. The van der Waals surface area contributed by atoms with Crippen LogP contribution in [0.1, 0.15) is 78.1 Å². The summed E-state index contributed by atoms with van der Waals surface area (Å²) in [6.45, 7) is 4.22. The Bertz CT molecular complexity index is 1790. The van der Waals surface area contributed by atoms with E-state index >= 15 is 0 Å². The lowest BCUT2D eigenvalue weighted by atomic mass is 9.94. The fraction of sp³-hybridized carbons (Fsp3) is 0.348. The van der Waals surface area contributed by atoms with Crippen molar-refractivity contribution in [3.8, 4) is 181 Å². The fourth-order valence-electron chi connectivity index (χ4n) is 3.64. The average molecular weight is 589 g/mol. The molecule has 0 saturated carbocycles. The van der Waals surface area contributed by atoms with Crippen molar-refractivity contribution < 1.29 is 0 Å². The van der Waals surface area contributed by atoms with Crippen LogP contribution in [0.3, 0.4) is 0 Å². The molecular formula is C46H36. The molecule has 0 radical (unpaired) electrons. The molecule has 4 unspecified atom stereocenters. The van der Waals surface area contributed by atoms with Crippen LogP contribution in [0, 0.1) is 204 Å². The van der Waals surface area contributed by atoms with Crippen LogP contribution in [-0.4, -0.2) is 0 Å². The van der Waals surface area contributed by atoms with Gasteiger partial charge in [0.15, 0.2) is 0 Å². The molecule has 0 bridgehead atoms. The van der Waals surface area contributed by atoms with Crippen LogP contribution in [0.15, 0.2) is 0 Å². The molecular weight excluding hydrogens is 553 g/mol. The lowest BCUT2D eigenvalue weighted by Crippen LogP contribution is -2.00. The molecule has 0 rings (SSSR count). The van der Waals surface area contributed by atoms with Gasteiger partial charge in [0.2, 0.25) is 0 Å². The van der Waals surface area contributed by atoms with E-state index in [2.05, 4.69) is 156 Å². The van der Waals surface area contributed by atoms with Crippen molar-refractivity contribution in [2.24, 2.45) is 23.7 Å². The first-order valence-electron chi connectivity index (χ1n) is 14.8. The van der Waals surface area contributed by atoms with Crippen LogP contribution in [0.5, 0.6) is 0 Å². The van der Waals surface area contributed by atoms with Gasteiger partial charge in [-0.2, -0.15) is 0 Å². The molecule has 0 amide bonds. The Morgan fingerprint density at radius 1 is 0.348 bits per heavy atom. The van der Waals surface area contributed by atoms with Gasteiger partial charge in [0, 0.05) is 36.5 Å². The summed E-state index contributed by atoms with van der Waals surface area (Å²) in [7, 11) is 0. The Morgan fingerprint density at radius 2 is 0.674 bits per heavy atom. The Labute approximate surface area is 281 Å². The van der Waals surface area contributed by atoms with Gasteiger partial charge in [-0.15, -0.1) is 38.5 Å². The summed E-state index contributed by atoms with van der Waals surface area (Å²) in [6.07, 6.45) is 39.7. The van der Waals surface area contributed by atoms with Crippen molar-refractivity contribution >= 4 is 0 Å². The van der Waals surface area contributed by atoms with Gasteiger partial charge in [0.05, 0.1) is 0 Å². The lowest BCUT2D eigenvalue weighted by Gasteiger charge is -2.10. The number of hydrogen-bond acceptors (Lipinski definition) is 0. The second kappa shape index (κ2) is 34.6. The lowest BCUT2D eigenvalue weighted by molar-refractivity contribution is 0.502. The van der Waals surface area contributed by atoms with Crippen LogP contribution >= 0.6 is 0 Å². The van der Waals surface area contributed by atoms with E-state index < -0.39 is 0 Å². The van der Waals surface area contributed by atoms with Gasteiger partial charge < -0.3 is 0 Å². The summed E-state index contributed by atoms with van der Waals surface area (Å²) in [5.41, 5.74) is 0. The monoisotopic (exact) mass is 588 g/mol. The molecule has 0 aliphatic heterocycles. The van der Waals surface area contributed by atoms with Crippen molar-refractivity contribution in [3.05, 3.63) is 0 Å². The molecule has 0 aliphatic carbocycles. The van der Waals surface area contributed by atoms with Crippen LogP contribution in [0.25, 0.3) is 0 Å². The van der Waals surface area contributed by atoms with E-state index in [4.69, 9.17) is 38.5 Å². The number of hydrogen-bond donors (Lipinski definition) is 0. The van der Waals surface area contributed by atoms with Gasteiger partial charge in [-0.25, -0.2) is 0 Å². The standard InChI is InChI=1S/C24H18.C22H18/c1-5-9-12-15-18-23(8-4)21-17-22-24(19-14-11-7-3)20-16-13-10-6-2;1-5-9-12-13-14-18-22(17-11-7-3)20-15-19-21(8-4)16-10-6-2/h1-3,23-24H,8,17,19,21-22H2,4H3;1-3,21-22H,8,15,18-20H2,4H3. The Kier molecular flexibility index (Phi) is 31.2. The average Bonchev–Trinajstić information content (AvgIpc) is 3.07. The van der Waals surface area contributed by atoms with E-state index in [1.807, 2.05) is 0 Å². The highest BCUT2D eigenvalue weighted by molar-refractivity contribution is 5.36. The predicted octanol–water partition coefficient (Wildman–Crippen LogP) is 6.21. The van der Waals surface area contributed by atoms with Crippen molar-refractivity contribution in [1.82, 2.24) is 0 Å². The quantitative estimate of drug-likeness (QED) is 0.238. The summed E-state index contributed by atoms with van der Waals surface area (Å²) in [5, 5.41) is 0. The summed E-state index contributed by atoms with van der Waals surface area (Å²) in [6, 6.07) is 0. The molecule has 0 saturated heterocycles. The molecule has 0 N–H and O–H groups in total. The zero-order valence-electron chi connectivity index (χ0n) is 26.8. The van der Waals surface area contributed by atoms with E-state index in [0.717, 1.165) is 51.4 Å². The van der Waals surface area contributed by atoms with Crippen molar-refractivity contribution in [1.29, 1.82) is 0 Å². The third-order valence-electron chi connectivity index (χ3n) is 5.98. The minimum atomic E-state index is 0.129. The minimum Gasteiger partial charge on any atom is -0.106 e.